The molecule has 1 atom stereocenters. The van der Waals surface area contributed by atoms with Crippen LogP contribution < -0.4 is 5.32 Å². The molecule has 0 saturated carbocycles. The normalized spacial score (nSPS) is 25.9. The molecule has 1 aromatic heterocycles. The Labute approximate surface area is 125 Å². The number of nitrogens with one attached hydrogen (secondary N) is 1. The summed E-state index contributed by atoms with van der Waals surface area (Å²) in [5.41, 5.74) is 0.185. The van der Waals surface area contributed by atoms with Crippen molar-refractivity contribution in [2.24, 2.45) is 7.05 Å². The highest BCUT2D eigenvalue weighted by atomic mass is 32.2. The van der Waals surface area contributed by atoms with Crippen LogP contribution in [0.25, 0.3) is 0 Å². The van der Waals surface area contributed by atoms with E-state index in [-0.39, 0.29) is 5.60 Å². The summed E-state index contributed by atoms with van der Waals surface area (Å²) < 4.78 is 8.24. The number of nitrogens with zero attached hydrogens (tertiary/aromatic N) is 2. The molecule has 1 unspecified atom stereocenters. The van der Waals surface area contributed by atoms with E-state index >= 15 is 0 Å². The zero-order valence-electron chi connectivity index (χ0n) is 12.3. The molecular formula is C15H25N3OS. The van der Waals surface area contributed by atoms with Crippen molar-refractivity contribution in [3.05, 3.63) is 18.2 Å². The standard InChI is InChI=1S/C15H25N3OS/c1-18-8-7-17-14(18)2-6-16-13-3-9-19-15(12-13)4-10-20-11-5-15/h7-8,13,16H,2-6,9-12H2,1H3. The lowest BCUT2D eigenvalue weighted by atomic mass is 9.85. The first-order valence-corrected chi connectivity index (χ1v) is 8.84. The lowest BCUT2D eigenvalue weighted by molar-refractivity contribution is -0.0930. The van der Waals surface area contributed by atoms with Gasteiger partial charge in [-0.25, -0.2) is 4.98 Å². The monoisotopic (exact) mass is 295 g/mol. The van der Waals surface area contributed by atoms with Crippen molar-refractivity contribution >= 4 is 11.8 Å². The maximum absolute atomic E-state index is 6.14. The average Bonchev–Trinajstić information content (AvgIpc) is 2.86. The van der Waals surface area contributed by atoms with Gasteiger partial charge >= 0.3 is 0 Å². The molecule has 1 aromatic rings. The third-order valence-electron chi connectivity index (χ3n) is 4.60. The lowest BCUT2D eigenvalue weighted by Gasteiger charge is -2.43. The van der Waals surface area contributed by atoms with E-state index in [0.29, 0.717) is 6.04 Å². The lowest BCUT2D eigenvalue weighted by Crippen LogP contribution is -2.49. The fraction of sp³-hybridized carbons (Fsp3) is 0.800. The Morgan fingerprint density at radius 1 is 1.50 bits per heavy atom. The van der Waals surface area contributed by atoms with Gasteiger partial charge in [0.05, 0.1) is 5.60 Å². The van der Waals surface area contributed by atoms with E-state index in [9.17, 15) is 0 Å². The van der Waals surface area contributed by atoms with E-state index in [4.69, 9.17) is 4.74 Å². The second-order valence-corrected chi connectivity index (χ2v) is 7.22. The molecule has 2 fully saturated rings. The van der Waals surface area contributed by atoms with Gasteiger partial charge in [0.25, 0.3) is 0 Å². The minimum absolute atomic E-state index is 0.185. The van der Waals surface area contributed by atoms with Gasteiger partial charge in [-0.1, -0.05) is 0 Å². The second-order valence-electron chi connectivity index (χ2n) is 5.99. The molecule has 2 aliphatic rings. The largest absolute Gasteiger partial charge is 0.375 e. The third-order valence-corrected chi connectivity index (χ3v) is 5.59. The summed E-state index contributed by atoms with van der Waals surface area (Å²) in [4.78, 5) is 4.38. The van der Waals surface area contributed by atoms with Crippen molar-refractivity contribution in [1.82, 2.24) is 14.9 Å². The van der Waals surface area contributed by atoms with Crippen LogP contribution in [-0.2, 0) is 18.2 Å². The van der Waals surface area contributed by atoms with E-state index in [1.165, 1.54) is 30.8 Å². The van der Waals surface area contributed by atoms with Crippen molar-refractivity contribution < 1.29 is 4.74 Å². The molecule has 2 saturated heterocycles. The highest BCUT2D eigenvalue weighted by molar-refractivity contribution is 7.99. The maximum Gasteiger partial charge on any atom is 0.109 e. The van der Waals surface area contributed by atoms with Crippen LogP contribution in [0.2, 0.25) is 0 Å². The van der Waals surface area contributed by atoms with Gasteiger partial charge in [-0.3, -0.25) is 0 Å². The number of imidazole rings is 1. The predicted molar refractivity (Wildman–Crippen MR) is 83.2 cm³/mol. The van der Waals surface area contributed by atoms with Crippen LogP contribution in [0, 0.1) is 0 Å². The number of aromatic nitrogens is 2. The number of rotatable bonds is 4. The summed E-state index contributed by atoms with van der Waals surface area (Å²) in [5, 5.41) is 3.72. The van der Waals surface area contributed by atoms with Crippen LogP contribution in [0.15, 0.2) is 12.4 Å². The molecule has 20 heavy (non-hydrogen) atoms. The van der Waals surface area contributed by atoms with Crippen LogP contribution in [-0.4, -0.2) is 45.9 Å². The number of hydrogen-bond acceptors (Lipinski definition) is 4. The average molecular weight is 295 g/mol. The molecule has 1 spiro atoms. The number of aryl methyl sites for hydroxylation is 1. The fourth-order valence-electron chi connectivity index (χ4n) is 3.32. The number of hydrogen-bond donors (Lipinski definition) is 1. The molecule has 2 aliphatic heterocycles. The maximum atomic E-state index is 6.14. The van der Waals surface area contributed by atoms with Crippen LogP contribution in [0.4, 0.5) is 0 Å². The summed E-state index contributed by atoms with van der Waals surface area (Å²) in [6.45, 7) is 1.94. The zero-order valence-corrected chi connectivity index (χ0v) is 13.1. The topological polar surface area (TPSA) is 39.1 Å². The molecule has 0 bridgehead atoms. The molecule has 0 amide bonds. The molecule has 4 nitrogen and oxygen atoms in total. The first kappa shape index (κ1) is 14.4. The van der Waals surface area contributed by atoms with Crippen molar-refractivity contribution in [3.63, 3.8) is 0 Å². The molecule has 0 aliphatic carbocycles. The van der Waals surface area contributed by atoms with Crippen molar-refractivity contribution in [2.45, 2.75) is 43.7 Å². The number of thioether (sulfide) groups is 1. The summed E-state index contributed by atoms with van der Waals surface area (Å²) in [6, 6.07) is 0.618. The smallest absolute Gasteiger partial charge is 0.109 e. The summed E-state index contributed by atoms with van der Waals surface area (Å²) in [5.74, 6) is 3.69. The Balaban J connectivity index is 1.47. The summed E-state index contributed by atoms with van der Waals surface area (Å²) in [7, 11) is 2.06. The molecule has 112 valence electrons. The first-order valence-electron chi connectivity index (χ1n) is 7.69. The highest BCUT2D eigenvalue weighted by Crippen LogP contribution is 2.37. The minimum atomic E-state index is 0.185. The SMILES string of the molecule is Cn1ccnc1CCNC1CCOC2(CCSCC2)C1. The second kappa shape index (κ2) is 6.50. The molecule has 0 radical (unpaired) electrons. The third kappa shape index (κ3) is 3.38. The Bertz CT molecular complexity index is 423. The van der Waals surface area contributed by atoms with Gasteiger partial charge in [-0.2, -0.15) is 11.8 Å². The molecular weight excluding hydrogens is 270 g/mol. The van der Waals surface area contributed by atoms with E-state index in [0.717, 1.165) is 31.8 Å². The van der Waals surface area contributed by atoms with E-state index in [1.54, 1.807) is 0 Å². The van der Waals surface area contributed by atoms with Crippen molar-refractivity contribution in [3.8, 4) is 0 Å². The van der Waals surface area contributed by atoms with Gasteiger partial charge < -0.3 is 14.6 Å². The Morgan fingerprint density at radius 3 is 3.10 bits per heavy atom. The van der Waals surface area contributed by atoms with Gasteiger partial charge in [-0.05, 0) is 37.2 Å². The van der Waals surface area contributed by atoms with Crippen molar-refractivity contribution in [2.75, 3.05) is 24.7 Å². The van der Waals surface area contributed by atoms with Gasteiger partial charge in [0, 0.05) is 45.1 Å². The molecule has 1 N–H and O–H groups in total. The summed E-state index contributed by atoms with van der Waals surface area (Å²) >= 11 is 2.07. The molecule has 3 heterocycles. The Hall–Kier alpha value is -0.520. The molecule has 3 rings (SSSR count). The van der Waals surface area contributed by atoms with E-state index in [2.05, 4.69) is 33.7 Å². The van der Waals surface area contributed by atoms with Gasteiger partial charge in [-0.15, -0.1) is 0 Å². The Morgan fingerprint density at radius 2 is 2.35 bits per heavy atom. The fourth-order valence-corrected chi connectivity index (χ4v) is 4.56. The predicted octanol–water partition coefficient (Wildman–Crippen LogP) is 2.00. The van der Waals surface area contributed by atoms with Crippen LogP contribution in [0.5, 0.6) is 0 Å². The number of ether oxygens (including phenoxy) is 1. The minimum Gasteiger partial charge on any atom is -0.375 e. The summed E-state index contributed by atoms with van der Waals surface area (Å²) in [6.07, 6.45) is 9.69. The zero-order chi connectivity index (χ0) is 13.8. The van der Waals surface area contributed by atoms with Gasteiger partial charge in [0.15, 0.2) is 0 Å². The van der Waals surface area contributed by atoms with Crippen LogP contribution >= 0.6 is 11.8 Å². The van der Waals surface area contributed by atoms with Crippen LogP contribution in [0.1, 0.15) is 31.5 Å². The van der Waals surface area contributed by atoms with Crippen LogP contribution in [0.3, 0.4) is 0 Å². The van der Waals surface area contributed by atoms with E-state index < -0.39 is 0 Å². The van der Waals surface area contributed by atoms with Gasteiger partial charge in [0.2, 0.25) is 0 Å². The first-order chi connectivity index (χ1) is 9.77. The molecule has 5 heteroatoms. The highest BCUT2D eigenvalue weighted by Gasteiger charge is 2.38. The van der Waals surface area contributed by atoms with E-state index in [1.807, 2.05) is 12.4 Å². The Kier molecular flexibility index (Phi) is 4.68. The van der Waals surface area contributed by atoms with Crippen molar-refractivity contribution in [1.29, 1.82) is 0 Å². The van der Waals surface area contributed by atoms with Gasteiger partial charge in [0.1, 0.15) is 5.82 Å². The molecule has 0 aromatic carbocycles. The quantitative estimate of drug-likeness (QED) is 0.922.